The molecule has 4 aliphatic carbocycles. The molecule has 0 saturated heterocycles. The highest BCUT2D eigenvalue weighted by Crippen LogP contribution is 2.68. The second-order valence-corrected chi connectivity index (χ2v) is 11.0. The second-order valence-electron chi connectivity index (χ2n) is 11.0. The lowest BCUT2D eigenvalue weighted by molar-refractivity contribution is -0.167. The number of carboxylic acid groups (broad SMARTS) is 1. The summed E-state index contributed by atoms with van der Waals surface area (Å²) in [5.41, 5.74) is 1.29. The molecule has 5 nitrogen and oxygen atoms in total. The average molecular weight is 417 g/mol. The van der Waals surface area contributed by atoms with Crippen LogP contribution in [0.4, 0.5) is 0 Å². The van der Waals surface area contributed by atoms with E-state index < -0.39 is 5.97 Å². The number of hydrogen-bond acceptors (Lipinski definition) is 4. The van der Waals surface area contributed by atoms with Gasteiger partial charge in [0.15, 0.2) is 5.78 Å². The Hall–Kier alpha value is -1.65. The molecule has 0 unspecified atom stereocenters. The van der Waals surface area contributed by atoms with Crippen LogP contribution in [-0.4, -0.2) is 28.9 Å². The van der Waals surface area contributed by atoms with Crippen molar-refractivity contribution in [1.82, 2.24) is 0 Å². The SMILES string of the molecule is CC(=O)O[C@@H]1CC2=CC(=O)CC[C@]2(C)[C@H]2CC[C@]3(C)[C@@H]([C@H](C)CC(=O)O)CC[C@H]3[C@H]12. The third-order valence-electron chi connectivity index (χ3n) is 9.54. The van der Waals surface area contributed by atoms with Crippen LogP contribution in [0.3, 0.4) is 0 Å². The smallest absolute Gasteiger partial charge is 0.303 e. The summed E-state index contributed by atoms with van der Waals surface area (Å²) < 4.78 is 5.92. The van der Waals surface area contributed by atoms with E-state index >= 15 is 0 Å². The van der Waals surface area contributed by atoms with E-state index in [0.29, 0.717) is 36.5 Å². The van der Waals surface area contributed by atoms with Crippen molar-refractivity contribution in [3.63, 3.8) is 0 Å². The van der Waals surface area contributed by atoms with E-state index in [1.54, 1.807) is 0 Å². The van der Waals surface area contributed by atoms with Gasteiger partial charge in [-0.2, -0.15) is 0 Å². The molecule has 8 atom stereocenters. The van der Waals surface area contributed by atoms with Crippen LogP contribution in [0.5, 0.6) is 0 Å². The van der Waals surface area contributed by atoms with Crippen molar-refractivity contribution in [1.29, 1.82) is 0 Å². The van der Waals surface area contributed by atoms with Gasteiger partial charge in [0, 0.05) is 32.1 Å². The van der Waals surface area contributed by atoms with Crippen molar-refractivity contribution in [2.45, 2.75) is 85.2 Å². The monoisotopic (exact) mass is 416 g/mol. The van der Waals surface area contributed by atoms with Crippen LogP contribution in [0.2, 0.25) is 0 Å². The van der Waals surface area contributed by atoms with Crippen molar-refractivity contribution in [3.8, 4) is 0 Å². The third-order valence-corrected chi connectivity index (χ3v) is 9.54. The van der Waals surface area contributed by atoms with E-state index in [2.05, 4.69) is 20.8 Å². The summed E-state index contributed by atoms with van der Waals surface area (Å²) >= 11 is 0. The summed E-state index contributed by atoms with van der Waals surface area (Å²) in [6.45, 7) is 8.28. The summed E-state index contributed by atoms with van der Waals surface area (Å²) in [6.07, 6.45) is 8.38. The molecular weight excluding hydrogens is 380 g/mol. The third kappa shape index (κ3) is 3.33. The average Bonchev–Trinajstić information content (AvgIpc) is 2.99. The standard InChI is InChI=1S/C25H36O5/c1-14(11-22(28)29)18-5-6-19-23-20(8-10-25(18,19)4)24(3)9-7-17(27)12-16(24)13-21(23)30-15(2)26/h12,14,18-21,23H,5-11,13H2,1-4H3,(H,28,29)/t14-,18-,19+,20+,21-,23+,24+,25-/m1/s1. The molecule has 0 aromatic heterocycles. The number of hydrogen-bond donors (Lipinski definition) is 1. The minimum absolute atomic E-state index is 0.0152. The normalized spacial score (nSPS) is 43.7. The van der Waals surface area contributed by atoms with Crippen LogP contribution in [0.25, 0.3) is 0 Å². The maximum atomic E-state index is 12.2. The molecule has 5 heteroatoms. The highest BCUT2D eigenvalue weighted by atomic mass is 16.5. The van der Waals surface area contributed by atoms with Gasteiger partial charge < -0.3 is 9.84 Å². The van der Waals surface area contributed by atoms with Crippen LogP contribution in [0, 0.1) is 40.4 Å². The van der Waals surface area contributed by atoms with Gasteiger partial charge in [0.25, 0.3) is 0 Å². The number of fused-ring (bicyclic) bond motifs is 5. The molecule has 3 saturated carbocycles. The fraction of sp³-hybridized carbons (Fsp3) is 0.800. The zero-order chi connectivity index (χ0) is 21.8. The Kier molecular flexibility index (Phi) is 5.39. The van der Waals surface area contributed by atoms with Gasteiger partial charge in [-0.15, -0.1) is 0 Å². The highest BCUT2D eigenvalue weighted by molar-refractivity contribution is 5.91. The number of ether oxygens (including phenoxy) is 1. The van der Waals surface area contributed by atoms with E-state index in [-0.39, 0.29) is 41.0 Å². The maximum Gasteiger partial charge on any atom is 0.303 e. The number of rotatable bonds is 4. The Bertz CT molecular complexity index is 784. The maximum absolute atomic E-state index is 12.2. The molecule has 0 radical (unpaired) electrons. The molecule has 166 valence electrons. The van der Waals surface area contributed by atoms with Crippen LogP contribution < -0.4 is 0 Å². The lowest BCUT2D eigenvalue weighted by Gasteiger charge is -2.60. The van der Waals surface area contributed by atoms with Gasteiger partial charge in [-0.05, 0) is 72.7 Å². The van der Waals surface area contributed by atoms with Crippen LogP contribution >= 0.6 is 0 Å². The minimum Gasteiger partial charge on any atom is -0.481 e. The number of carbonyl (C=O) groups excluding carboxylic acids is 2. The molecule has 4 aliphatic rings. The molecule has 0 bridgehead atoms. The molecule has 0 heterocycles. The molecule has 0 amide bonds. The first-order chi connectivity index (χ1) is 14.1. The van der Waals surface area contributed by atoms with Crippen LogP contribution in [0.1, 0.15) is 79.1 Å². The van der Waals surface area contributed by atoms with Crippen molar-refractivity contribution in [2.75, 3.05) is 0 Å². The van der Waals surface area contributed by atoms with Gasteiger partial charge in [0.1, 0.15) is 6.10 Å². The predicted molar refractivity (Wildman–Crippen MR) is 113 cm³/mol. The van der Waals surface area contributed by atoms with E-state index in [0.717, 1.165) is 32.1 Å². The van der Waals surface area contributed by atoms with Gasteiger partial charge in [0.2, 0.25) is 0 Å². The molecule has 0 aliphatic heterocycles. The topological polar surface area (TPSA) is 80.7 Å². The fourth-order valence-corrected chi connectivity index (χ4v) is 8.23. The van der Waals surface area contributed by atoms with E-state index in [9.17, 15) is 19.5 Å². The zero-order valence-corrected chi connectivity index (χ0v) is 18.8. The zero-order valence-electron chi connectivity index (χ0n) is 18.8. The Morgan fingerprint density at radius 3 is 2.60 bits per heavy atom. The molecule has 0 spiro atoms. The lowest BCUT2D eigenvalue weighted by Crippen LogP contribution is -2.56. The van der Waals surface area contributed by atoms with Gasteiger partial charge in [0.05, 0.1) is 0 Å². The Morgan fingerprint density at radius 2 is 1.93 bits per heavy atom. The number of ketones is 1. The number of carboxylic acids is 1. The first-order valence-electron chi connectivity index (χ1n) is 11.7. The summed E-state index contributed by atoms with van der Waals surface area (Å²) in [4.78, 5) is 35.5. The Morgan fingerprint density at radius 1 is 1.20 bits per heavy atom. The van der Waals surface area contributed by atoms with Gasteiger partial charge in [-0.3, -0.25) is 14.4 Å². The van der Waals surface area contributed by atoms with Crippen molar-refractivity contribution in [2.24, 2.45) is 40.4 Å². The summed E-state index contributed by atoms with van der Waals surface area (Å²) in [7, 11) is 0. The van der Waals surface area contributed by atoms with Crippen molar-refractivity contribution in [3.05, 3.63) is 11.6 Å². The van der Waals surface area contributed by atoms with Crippen molar-refractivity contribution < 1.29 is 24.2 Å². The summed E-state index contributed by atoms with van der Waals surface area (Å²) in [6, 6.07) is 0. The molecule has 0 aromatic carbocycles. The molecule has 1 N–H and O–H groups in total. The van der Waals surface area contributed by atoms with Crippen molar-refractivity contribution >= 4 is 17.7 Å². The number of carbonyl (C=O) groups is 3. The van der Waals surface area contributed by atoms with E-state index in [1.165, 1.54) is 12.5 Å². The molecule has 3 fully saturated rings. The largest absolute Gasteiger partial charge is 0.481 e. The quantitative estimate of drug-likeness (QED) is 0.667. The van der Waals surface area contributed by atoms with Crippen LogP contribution in [0.15, 0.2) is 11.6 Å². The van der Waals surface area contributed by atoms with E-state index in [4.69, 9.17) is 4.74 Å². The first kappa shape index (κ1) is 21.6. The molecule has 30 heavy (non-hydrogen) atoms. The fourth-order valence-electron chi connectivity index (χ4n) is 8.23. The predicted octanol–water partition coefficient (Wildman–Crippen LogP) is 4.79. The minimum atomic E-state index is -0.715. The van der Waals surface area contributed by atoms with E-state index in [1.807, 2.05) is 6.08 Å². The second kappa shape index (κ2) is 7.49. The summed E-state index contributed by atoms with van der Waals surface area (Å²) in [5.74, 6) is 0.952. The van der Waals surface area contributed by atoms with Crippen LogP contribution in [-0.2, 0) is 19.1 Å². The van der Waals surface area contributed by atoms with Gasteiger partial charge in [-0.25, -0.2) is 0 Å². The molecule has 4 rings (SSSR count). The highest BCUT2D eigenvalue weighted by Gasteiger charge is 2.62. The molecule has 0 aromatic rings. The lowest BCUT2D eigenvalue weighted by atomic mass is 9.45. The van der Waals surface area contributed by atoms with Gasteiger partial charge in [-0.1, -0.05) is 26.3 Å². The first-order valence-corrected chi connectivity index (χ1v) is 11.7. The molecular formula is C25H36O5. The Labute approximate surface area is 179 Å². The summed E-state index contributed by atoms with van der Waals surface area (Å²) in [5, 5.41) is 9.35. The van der Waals surface area contributed by atoms with Gasteiger partial charge >= 0.3 is 11.9 Å². The number of esters is 1. The number of aliphatic carboxylic acids is 1. The Balaban J connectivity index is 1.69.